The molecule has 0 aromatic rings. The van der Waals surface area contributed by atoms with E-state index in [2.05, 4.69) is 10.6 Å². The van der Waals surface area contributed by atoms with Crippen LogP contribution in [0, 0.1) is 17.8 Å². The highest BCUT2D eigenvalue weighted by atomic mass is 16.4. The number of nitrogens with zero attached hydrogens (tertiary/aromatic N) is 1. The van der Waals surface area contributed by atoms with Crippen LogP contribution >= 0.6 is 0 Å². The fourth-order valence-electron chi connectivity index (χ4n) is 3.60. The molecule has 7 nitrogen and oxygen atoms in total. The lowest BCUT2D eigenvalue weighted by molar-refractivity contribution is -0.144. The number of carboxylic acid groups (broad SMARTS) is 1. The van der Waals surface area contributed by atoms with Crippen molar-refractivity contribution in [2.45, 2.75) is 31.7 Å². The highest BCUT2D eigenvalue weighted by Crippen LogP contribution is 2.48. The molecule has 3 amide bonds. The Bertz CT molecular complexity index is 440. The molecule has 0 aromatic heterocycles. The van der Waals surface area contributed by atoms with Crippen LogP contribution in [-0.4, -0.2) is 54.6 Å². The van der Waals surface area contributed by atoms with E-state index in [-0.39, 0.29) is 36.2 Å². The number of carbonyl (C=O) groups is 3. The van der Waals surface area contributed by atoms with Gasteiger partial charge in [-0.1, -0.05) is 0 Å². The van der Waals surface area contributed by atoms with Crippen LogP contribution in [0.1, 0.15) is 25.7 Å². The predicted octanol–water partition coefficient (Wildman–Crippen LogP) is 0.263. The maximum Gasteiger partial charge on any atom is 0.317 e. The van der Waals surface area contributed by atoms with Gasteiger partial charge in [0.1, 0.15) is 0 Å². The number of hydrogen-bond donors (Lipinski definition) is 3. The van der Waals surface area contributed by atoms with Crippen LogP contribution < -0.4 is 10.6 Å². The first-order valence-corrected chi connectivity index (χ1v) is 7.39. The lowest BCUT2D eigenvalue weighted by Gasteiger charge is -2.30. The first-order chi connectivity index (χ1) is 9.93. The molecule has 4 unspecified atom stereocenters. The molecule has 0 spiro atoms. The Balaban J connectivity index is 1.89. The number of amides is 3. The number of rotatable bonds is 5. The van der Waals surface area contributed by atoms with Gasteiger partial charge in [-0.3, -0.25) is 9.59 Å². The van der Waals surface area contributed by atoms with Gasteiger partial charge >= 0.3 is 12.0 Å². The molecule has 2 aliphatic rings. The number of urea groups is 1. The summed E-state index contributed by atoms with van der Waals surface area (Å²) in [6, 6.07) is -0.584. The molecule has 0 saturated heterocycles. The molecule has 2 aliphatic carbocycles. The van der Waals surface area contributed by atoms with Gasteiger partial charge in [-0.15, -0.1) is 0 Å². The molecule has 0 aromatic carbocycles. The molecule has 2 rings (SSSR count). The van der Waals surface area contributed by atoms with Gasteiger partial charge in [0.15, 0.2) is 0 Å². The Morgan fingerprint density at radius 3 is 2.52 bits per heavy atom. The number of hydrogen-bond acceptors (Lipinski definition) is 3. The van der Waals surface area contributed by atoms with Crippen LogP contribution in [0.2, 0.25) is 0 Å². The van der Waals surface area contributed by atoms with Crippen molar-refractivity contribution < 1.29 is 19.5 Å². The molecular formula is C14H23N3O4. The van der Waals surface area contributed by atoms with Crippen molar-refractivity contribution in [2.24, 2.45) is 17.8 Å². The third kappa shape index (κ3) is 3.28. The highest BCUT2D eigenvalue weighted by Gasteiger charge is 2.51. The van der Waals surface area contributed by atoms with Gasteiger partial charge in [-0.2, -0.15) is 0 Å². The van der Waals surface area contributed by atoms with Crippen LogP contribution in [0.25, 0.3) is 0 Å². The Morgan fingerprint density at radius 1 is 1.24 bits per heavy atom. The average Bonchev–Trinajstić information content (AvgIpc) is 3.04. The topological polar surface area (TPSA) is 98.7 Å². The van der Waals surface area contributed by atoms with Crippen molar-refractivity contribution in [3.05, 3.63) is 0 Å². The maximum absolute atomic E-state index is 12.1. The van der Waals surface area contributed by atoms with Crippen molar-refractivity contribution >= 4 is 17.9 Å². The minimum absolute atomic E-state index is 0.127. The summed E-state index contributed by atoms with van der Waals surface area (Å²) >= 11 is 0. The molecule has 21 heavy (non-hydrogen) atoms. The van der Waals surface area contributed by atoms with E-state index in [1.807, 2.05) is 0 Å². The van der Waals surface area contributed by atoms with Crippen molar-refractivity contribution in [1.82, 2.24) is 15.5 Å². The molecule has 2 fully saturated rings. The summed E-state index contributed by atoms with van der Waals surface area (Å²) < 4.78 is 0. The summed E-state index contributed by atoms with van der Waals surface area (Å²) in [5, 5.41) is 14.7. The molecular weight excluding hydrogens is 274 g/mol. The molecule has 7 heteroatoms. The van der Waals surface area contributed by atoms with Gasteiger partial charge in [-0.25, -0.2) is 4.79 Å². The van der Waals surface area contributed by atoms with Gasteiger partial charge in [0.05, 0.1) is 5.92 Å². The lowest BCUT2D eigenvalue weighted by atomic mass is 9.84. The fraction of sp³-hybridized carbons (Fsp3) is 0.786. The molecule has 0 radical (unpaired) electrons. The Labute approximate surface area is 124 Å². The van der Waals surface area contributed by atoms with Gasteiger partial charge in [0, 0.05) is 33.1 Å². The second-order valence-electron chi connectivity index (χ2n) is 6.02. The zero-order chi connectivity index (χ0) is 15.6. The Hall–Kier alpha value is -1.79. The van der Waals surface area contributed by atoms with E-state index < -0.39 is 11.9 Å². The normalized spacial score (nSPS) is 30.0. The summed E-state index contributed by atoms with van der Waals surface area (Å²) in [4.78, 5) is 36.1. The largest absolute Gasteiger partial charge is 0.481 e. The minimum atomic E-state index is -0.819. The van der Waals surface area contributed by atoms with Gasteiger partial charge in [-0.05, 0) is 31.1 Å². The second-order valence-corrected chi connectivity index (χ2v) is 6.02. The van der Waals surface area contributed by atoms with E-state index in [9.17, 15) is 19.5 Å². The fourth-order valence-corrected chi connectivity index (χ4v) is 3.60. The number of carboxylic acids is 1. The van der Waals surface area contributed by atoms with E-state index in [4.69, 9.17) is 0 Å². The smallest absolute Gasteiger partial charge is 0.317 e. The number of fused-ring (bicyclic) bond motifs is 2. The van der Waals surface area contributed by atoms with Crippen LogP contribution in [-0.2, 0) is 9.59 Å². The average molecular weight is 297 g/mol. The summed E-state index contributed by atoms with van der Waals surface area (Å²) in [6.07, 6.45) is 3.06. The zero-order valence-electron chi connectivity index (χ0n) is 12.5. The first kappa shape index (κ1) is 15.6. The number of carbonyl (C=O) groups excluding carboxylic acids is 2. The van der Waals surface area contributed by atoms with E-state index >= 15 is 0 Å². The zero-order valence-corrected chi connectivity index (χ0v) is 12.5. The van der Waals surface area contributed by atoms with Crippen LogP contribution in [0.5, 0.6) is 0 Å². The highest BCUT2D eigenvalue weighted by molar-refractivity contribution is 5.79. The second kappa shape index (κ2) is 6.32. The predicted molar refractivity (Wildman–Crippen MR) is 75.6 cm³/mol. The standard InChI is InChI=1S/C14H23N3O4/c1-15-10(18)5-6-17(2)14(21)16-12-9-4-3-8(7-9)11(12)13(19)20/h8-9,11-12H,3-7H2,1-2H3,(H,15,18)(H,16,21)(H,19,20). The molecule has 0 heterocycles. The molecule has 3 N–H and O–H groups in total. The SMILES string of the molecule is CNC(=O)CCN(C)C(=O)NC1C2CCC(C2)C1C(=O)O. The lowest BCUT2D eigenvalue weighted by Crippen LogP contribution is -2.51. The van der Waals surface area contributed by atoms with Crippen LogP contribution in [0.4, 0.5) is 4.79 Å². The van der Waals surface area contributed by atoms with Gasteiger partial charge < -0.3 is 20.6 Å². The van der Waals surface area contributed by atoms with Crippen molar-refractivity contribution in [1.29, 1.82) is 0 Å². The minimum Gasteiger partial charge on any atom is -0.481 e. The summed E-state index contributed by atoms with van der Waals surface area (Å²) in [5.41, 5.74) is 0. The molecule has 118 valence electrons. The molecule has 0 aliphatic heterocycles. The molecule has 2 saturated carbocycles. The van der Waals surface area contributed by atoms with E-state index in [1.165, 1.54) is 4.90 Å². The van der Waals surface area contributed by atoms with Crippen LogP contribution in [0.15, 0.2) is 0 Å². The Morgan fingerprint density at radius 2 is 1.90 bits per heavy atom. The van der Waals surface area contributed by atoms with Gasteiger partial charge in [0.2, 0.25) is 5.91 Å². The first-order valence-electron chi connectivity index (χ1n) is 7.39. The molecule has 4 atom stereocenters. The maximum atomic E-state index is 12.1. The quantitative estimate of drug-likeness (QED) is 0.678. The monoisotopic (exact) mass is 297 g/mol. The third-order valence-electron chi connectivity index (χ3n) is 4.79. The van der Waals surface area contributed by atoms with Crippen molar-refractivity contribution in [3.63, 3.8) is 0 Å². The van der Waals surface area contributed by atoms with Crippen molar-refractivity contribution in [2.75, 3.05) is 20.6 Å². The van der Waals surface area contributed by atoms with Gasteiger partial charge in [0.25, 0.3) is 0 Å². The summed E-state index contributed by atoms with van der Waals surface area (Å²) in [6.45, 7) is 0.310. The number of nitrogens with one attached hydrogen (secondary N) is 2. The summed E-state index contributed by atoms with van der Waals surface area (Å²) in [7, 11) is 3.16. The number of aliphatic carboxylic acids is 1. The van der Waals surface area contributed by atoms with E-state index in [1.54, 1.807) is 14.1 Å². The Kier molecular flexibility index (Phi) is 4.69. The van der Waals surface area contributed by atoms with E-state index in [0.717, 1.165) is 19.3 Å². The van der Waals surface area contributed by atoms with E-state index in [0.29, 0.717) is 6.54 Å². The third-order valence-corrected chi connectivity index (χ3v) is 4.79. The van der Waals surface area contributed by atoms with Crippen molar-refractivity contribution in [3.8, 4) is 0 Å². The molecule has 2 bridgehead atoms. The summed E-state index contributed by atoms with van der Waals surface area (Å²) in [5.74, 6) is -0.958. The van der Waals surface area contributed by atoms with Crippen LogP contribution in [0.3, 0.4) is 0 Å².